The number of pyridine rings is 1. The summed E-state index contributed by atoms with van der Waals surface area (Å²) in [6, 6.07) is 30.4. The van der Waals surface area contributed by atoms with Crippen LogP contribution in [0.15, 0.2) is 115 Å². The number of hydrogen-bond donors (Lipinski definition) is 1. The first-order valence-corrected chi connectivity index (χ1v) is 12.5. The molecule has 5 rings (SSSR count). The van der Waals surface area contributed by atoms with E-state index in [1.54, 1.807) is 24.4 Å². The van der Waals surface area contributed by atoms with E-state index in [0.29, 0.717) is 12.4 Å². The van der Waals surface area contributed by atoms with E-state index in [9.17, 15) is 4.79 Å². The summed E-state index contributed by atoms with van der Waals surface area (Å²) in [6.45, 7) is 0.478. The Kier molecular flexibility index (Phi) is 7.64. The van der Waals surface area contributed by atoms with Gasteiger partial charge in [-0.1, -0.05) is 54.6 Å². The Morgan fingerprint density at radius 2 is 1.70 bits per heavy atom. The van der Waals surface area contributed by atoms with E-state index < -0.39 is 5.97 Å². The standard InChI is InChI=1S/C30H23N3O3S/c34-29(16-15-22-10-6-12-25(18-22)35-20-23-8-2-1-3-9-23)36-26-13-7-11-24(19-26)32-30-33-28(21-37-30)27-14-4-5-17-31-27/h1-19,21H,20H2,(H,32,33)/b16-15+. The van der Waals surface area contributed by atoms with Crippen molar-refractivity contribution < 1.29 is 14.3 Å². The van der Waals surface area contributed by atoms with Crippen molar-refractivity contribution in [1.82, 2.24) is 9.97 Å². The molecule has 0 aliphatic rings. The minimum Gasteiger partial charge on any atom is -0.489 e. The minimum atomic E-state index is -0.473. The molecule has 0 saturated heterocycles. The fraction of sp³-hybridized carbons (Fsp3) is 0.0333. The van der Waals surface area contributed by atoms with Crippen LogP contribution in [0.25, 0.3) is 17.5 Å². The topological polar surface area (TPSA) is 73.3 Å². The molecule has 1 N–H and O–H groups in total. The normalized spacial score (nSPS) is 10.8. The molecule has 6 nitrogen and oxygen atoms in total. The van der Waals surface area contributed by atoms with Crippen molar-refractivity contribution in [3.8, 4) is 22.9 Å². The first kappa shape index (κ1) is 24.0. The summed E-state index contributed by atoms with van der Waals surface area (Å²) in [7, 11) is 0. The monoisotopic (exact) mass is 505 g/mol. The van der Waals surface area contributed by atoms with Crippen LogP contribution in [0.5, 0.6) is 11.5 Å². The van der Waals surface area contributed by atoms with Crippen LogP contribution in [0.2, 0.25) is 0 Å². The first-order valence-electron chi connectivity index (χ1n) is 11.6. The van der Waals surface area contributed by atoms with Crippen LogP contribution in [0, 0.1) is 0 Å². The summed E-state index contributed by atoms with van der Waals surface area (Å²) in [4.78, 5) is 21.3. The van der Waals surface area contributed by atoms with Crippen molar-refractivity contribution in [2.75, 3.05) is 5.32 Å². The van der Waals surface area contributed by atoms with Gasteiger partial charge < -0.3 is 14.8 Å². The van der Waals surface area contributed by atoms with E-state index >= 15 is 0 Å². The molecule has 0 aliphatic carbocycles. The predicted octanol–water partition coefficient (Wildman–Crippen LogP) is 7.15. The quantitative estimate of drug-likeness (QED) is 0.130. The van der Waals surface area contributed by atoms with Crippen molar-refractivity contribution in [1.29, 1.82) is 0 Å². The number of esters is 1. The Balaban J connectivity index is 1.17. The zero-order valence-electron chi connectivity index (χ0n) is 19.8. The Hall–Kier alpha value is -4.75. The van der Waals surface area contributed by atoms with Crippen molar-refractivity contribution in [3.63, 3.8) is 0 Å². The number of aromatic nitrogens is 2. The van der Waals surface area contributed by atoms with Gasteiger partial charge in [-0.05, 0) is 53.6 Å². The molecule has 0 bridgehead atoms. The number of benzene rings is 3. The zero-order chi connectivity index (χ0) is 25.3. The number of thiazole rings is 1. The van der Waals surface area contributed by atoms with Gasteiger partial charge in [0.15, 0.2) is 5.13 Å². The van der Waals surface area contributed by atoms with Gasteiger partial charge in [-0.2, -0.15) is 0 Å². The molecule has 0 radical (unpaired) electrons. The summed E-state index contributed by atoms with van der Waals surface area (Å²) in [6.07, 6.45) is 4.84. The molecule has 0 amide bonds. The molecule has 37 heavy (non-hydrogen) atoms. The second-order valence-corrected chi connectivity index (χ2v) is 8.87. The lowest BCUT2D eigenvalue weighted by atomic mass is 10.2. The van der Waals surface area contributed by atoms with E-state index in [0.717, 1.165) is 39.1 Å². The molecule has 0 saturated carbocycles. The third-order valence-corrected chi connectivity index (χ3v) is 6.01. The van der Waals surface area contributed by atoms with Gasteiger partial charge in [0.25, 0.3) is 0 Å². The Bertz CT molecular complexity index is 1500. The second-order valence-electron chi connectivity index (χ2n) is 8.01. The summed E-state index contributed by atoms with van der Waals surface area (Å²) in [5.74, 6) is 0.687. The lowest BCUT2D eigenvalue weighted by molar-refractivity contribution is -0.128. The smallest absolute Gasteiger partial charge is 0.336 e. The second kappa shape index (κ2) is 11.8. The molecule has 182 valence electrons. The molecule has 5 aromatic rings. The zero-order valence-corrected chi connectivity index (χ0v) is 20.6. The van der Waals surface area contributed by atoms with Gasteiger partial charge in [-0.25, -0.2) is 9.78 Å². The Labute approximate surface area is 218 Å². The van der Waals surface area contributed by atoms with Crippen molar-refractivity contribution in [3.05, 3.63) is 126 Å². The van der Waals surface area contributed by atoms with Gasteiger partial charge in [0.05, 0.1) is 5.69 Å². The maximum atomic E-state index is 12.4. The molecule has 3 aromatic carbocycles. The van der Waals surface area contributed by atoms with E-state index in [2.05, 4.69) is 15.3 Å². The number of carbonyl (C=O) groups is 1. The molecule has 2 heterocycles. The molecule has 0 atom stereocenters. The summed E-state index contributed by atoms with van der Waals surface area (Å²) < 4.78 is 11.4. The van der Waals surface area contributed by atoms with Crippen molar-refractivity contribution in [2.24, 2.45) is 0 Å². The van der Waals surface area contributed by atoms with Crippen molar-refractivity contribution in [2.45, 2.75) is 6.61 Å². The highest BCUT2D eigenvalue weighted by molar-refractivity contribution is 7.14. The van der Waals surface area contributed by atoms with Crippen molar-refractivity contribution >= 4 is 34.2 Å². The number of anilines is 2. The van der Waals surface area contributed by atoms with Crippen LogP contribution in [-0.4, -0.2) is 15.9 Å². The highest BCUT2D eigenvalue weighted by Crippen LogP contribution is 2.27. The fourth-order valence-corrected chi connectivity index (χ4v) is 4.21. The average Bonchev–Trinajstić information content (AvgIpc) is 3.41. The fourth-order valence-electron chi connectivity index (χ4n) is 3.49. The highest BCUT2D eigenvalue weighted by atomic mass is 32.1. The molecular formula is C30H23N3O3S. The maximum absolute atomic E-state index is 12.4. The lowest BCUT2D eigenvalue weighted by Gasteiger charge is -2.07. The third-order valence-electron chi connectivity index (χ3n) is 5.25. The average molecular weight is 506 g/mol. The molecule has 7 heteroatoms. The van der Waals surface area contributed by atoms with E-state index in [-0.39, 0.29) is 0 Å². The summed E-state index contributed by atoms with van der Waals surface area (Å²) in [5.41, 5.74) is 4.31. The van der Waals surface area contributed by atoms with Crippen LogP contribution < -0.4 is 14.8 Å². The van der Waals surface area contributed by atoms with Crippen LogP contribution >= 0.6 is 11.3 Å². The van der Waals surface area contributed by atoms with Gasteiger partial charge in [-0.3, -0.25) is 4.98 Å². The molecule has 0 spiro atoms. The number of rotatable bonds is 9. The number of nitrogens with one attached hydrogen (secondary N) is 1. The van der Waals surface area contributed by atoms with Crippen LogP contribution in [0.1, 0.15) is 11.1 Å². The highest BCUT2D eigenvalue weighted by Gasteiger charge is 2.07. The predicted molar refractivity (Wildman–Crippen MR) is 147 cm³/mol. The third kappa shape index (κ3) is 6.90. The number of hydrogen-bond acceptors (Lipinski definition) is 7. The molecule has 0 aliphatic heterocycles. The van der Waals surface area contributed by atoms with Crippen LogP contribution in [0.4, 0.5) is 10.8 Å². The van der Waals surface area contributed by atoms with E-state index in [4.69, 9.17) is 9.47 Å². The number of nitrogens with zero attached hydrogens (tertiary/aromatic N) is 2. The van der Waals surface area contributed by atoms with E-state index in [1.165, 1.54) is 17.4 Å². The van der Waals surface area contributed by atoms with Gasteiger partial charge in [0.1, 0.15) is 23.8 Å². The van der Waals surface area contributed by atoms with Gasteiger partial charge in [0, 0.05) is 29.4 Å². The SMILES string of the molecule is O=C(/C=C/c1cccc(OCc2ccccc2)c1)Oc1cccc(Nc2nc(-c3ccccn3)cs2)c1. The van der Waals surface area contributed by atoms with E-state index in [1.807, 2.05) is 90.3 Å². The Morgan fingerprint density at radius 3 is 2.57 bits per heavy atom. The molecule has 0 fully saturated rings. The van der Waals surface area contributed by atoms with Crippen LogP contribution in [0.3, 0.4) is 0 Å². The van der Waals surface area contributed by atoms with Gasteiger partial charge in [0.2, 0.25) is 0 Å². The van der Waals surface area contributed by atoms with Gasteiger partial charge >= 0.3 is 5.97 Å². The number of ether oxygens (including phenoxy) is 2. The Morgan fingerprint density at radius 1 is 0.865 bits per heavy atom. The molecule has 2 aromatic heterocycles. The summed E-state index contributed by atoms with van der Waals surface area (Å²) in [5, 5.41) is 5.92. The maximum Gasteiger partial charge on any atom is 0.336 e. The lowest BCUT2D eigenvalue weighted by Crippen LogP contribution is -2.04. The molecular weight excluding hydrogens is 482 g/mol. The molecule has 0 unspecified atom stereocenters. The minimum absolute atomic E-state index is 0.432. The summed E-state index contributed by atoms with van der Waals surface area (Å²) >= 11 is 1.48. The van der Waals surface area contributed by atoms with Crippen LogP contribution in [-0.2, 0) is 11.4 Å². The first-order chi connectivity index (χ1) is 18.2. The number of carbonyl (C=O) groups excluding carboxylic acids is 1. The largest absolute Gasteiger partial charge is 0.489 e. The van der Waals surface area contributed by atoms with Gasteiger partial charge in [-0.15, -0.1) is 11.3 Å².